The predicted molar refractivity (Wildman–Crippen MR) is 70.8 cm³/mol. The van der Waals surface area contributed by atoms with Crippen LogP contribution in [0.5, 0.6) is 5.75 Å². The molecule has 0 spiro atoms. The van der Waals surface area contributed by atoms with E-state index in [1.54, 1.807) is 23.1 Å². The second kappa shape index (κ2) is 4.44. The van der Waals surface area contributed by atoms with Crippen LogP contribution in [-0.2, 0) is 0 Å². The second-order valence-electron chi connectivity index (χ2n) is 3.73. The van der Waals surface area contributed by atoms with Crippen LogP contribution in [0, 0.1) is 0 Å². The van der Waals surface area contributed by atoms with E-state index in [2.05, 4.69) is 4.98 Å². The zero-order valence-corrected chi connectivity index (χ0v) is 11.4. The van der Waals surface area contributed by atoms with Crippen LogP contribution in [0.3, 0.4) is 0 Å². The molecular weight excluding hydrogens is 295 g/mol. The molecule has 3 rings (SSSR count). The molecule has 90 valence electrons. The van der Waals surface area contributed by atoms with E-state index in [1.807, 2.05) is 30.3 Å². The van der Waals surface area contributed by atoms with Crippen LogP contribution >= 0.6 is 0 Å². The van der Waals surface area contributed by atoms with Crippen LogP contribution in [0.4, 0.5) is 0 Å². The topological polar surface area (TPSA) is 44.1 Å². The van der Waals surface area contributed by atoms with Crippen LogP contribution in [0.15, 0.2) is 47.5 Å². The summed E-state index contributed by atoms with van der Waals surface area (Å²) in [5.41, 5.74) is 0.823. The van der Waals surface area contributed by atoms with E-state index in [0.29, 0.717) is 5.75 Å². The molecule has 1 aromatic carbocycles. The average Bonchev–Trinajstić information content (AvgIpc) is 2.76. The van der Waals surface area contributed by atoms with Gasteiger partial charge in [-0.2, -0.15) is 0 Å². The molecule has 0 aliphatic heterocycles. The predicted octanol–water partition coefficient (Wildman–Crippen LogP) is 1.45. The van der Waals surface area contributed by atoms with E-state index in [4.69, 9.17) is 4.74 Å². The van der Waals surface area contributed by atoms with Crippen LogP contribution in [-0.4, -0.2) is 30.4 Å². The molecule has 2 heterocycles. The number of hydrogen-bond acceptors (Lipinski definition) is 3. The van der Waals surface area contributed by atoms with Gasteiger partial charge in [0.15, 0.2) is 0 Å². The summed E-state index contributed by atoms with van der Waals surface area (Å²) in [4.78, 5) is 16.3. The zero-order chi connectivity index (χ0) is 12.5. The molecule has 4 nitrogen and oxygen atoms in total. The van der Waals surface area contributed by atoms with Crippen LogP contribution < -0.4 is 10.3 Å². The van der Waals surface area contributed by atoms with Gasteiger partial charge in [0.25, 0.3) is 0 Å². The zero-order valence-electron chi connectivity index (χ0n) is 9.66. The molecule has 18 heavy (non-hydrogen) atoms. The first-order valence-electron chi connectivity index (χ1n) is 5.40. The molecule has 0 N–H and O–H groups in total. The van der Waals surface area contributed by atoms with Crippen molar-refractivity contribution in [1.82, 2.24) is 8.55 Å². The van der Waals surface area contributed by atoms with Gasteiger partial charge in [-0.1, -0.05) is 0 Å². The number of hydrogen-bond donors (Lipinski definition) is 0. The van der Waals surface area contributed by atoms with Crippen molar-refractivity contribution in [3.05, 3.63) is 53.1 Å². The van der Waals surface area contributed by atoms with Gasteiger partial charge >= 0.3 is 109 Å². The van der Waals surface area contributed by atoms with Gasteiger partial charge in [0.1, 0.15) is 0 Å². The Labute approximate surface area is 109 Å². The Balaban J connectivity index is 2.32. The average molecular weight is 305 g/mol. The standard InChI is InChI=1S/C13H10N2O2Se/c1-17-11-8-14-7-6-10(11)15-13(16)9-4-2-3-5-12(9)18-15/h2-8H,1H3. The van der Waals surface area contributed by atoms with Gasteiger partial charge in [0.2, 0.25) is 0 Å². The van der Waals surface area contributed by atoms with E-state index in [0.717, 1.165) is 15.3 Å². The van der Waals surface area contributed by atoms with Crippen molar-refractivity contribution in [3.63, 3.8) is 0 Å². The summed E-state index contributed by atoms with van der Waals surface area (Å²) in [6.45, 7) is 0. The molecule has 0 saturated heterocycles. The SMILES string of the molecule is COc1cnccc1-n1[se]c2ccccc2c1=O. The fraction of sp³-hybridized carbons (Fsp3) is 0.0769. The molecule has 0 unspecified atom stereocenters. The molecule has 0 fully saturated rings. The third kappa shape index (κ3) is 1.68. The van der Waals surface area contributed by atoms with Crippen LogP contribution in [0.2, 0.25) is 0 Å². The monoisotopic (exact) mass is 306 g/mol. The van der Waals surface area contributed by atoms with Crippen molar-refractivity contribution in [3.8, 4) is 11.4 Å². The number of fused-ring (bicyclic) bond motifs is 1. The number of aromatic nitrogens is 2. The number of pyridine rings is 1. The Morgan fingerprint density at radius 3 is 2.89 bits per heavy atom. The van der Waals surface area contributed by atoms with E-state index in [9.17, 15) is 4.79 Å². The maximum absolute atomic E-state index is 12.3. The first-order valence-corrected chi connectivity index (χ1v) is 7.03. The van der Waals surface area contributed by atoms with Gasteiger partial charge in [-0.25, -0.2) is 0 Å². The number of nitrogens with zero attached hydrogens (tertiary/aromatic N) is 2. The first kappa shape index (κ1) is 11.3. The van der Waals surface area contributed by atoms with Crippen molar-refractivity contribution in [2.75, 3.05) is 7.11 Å². The molecule has 3 aromatic rings. The second-order valence-corrected chi connectivity index (χ2v) is 5.81. The quantitative estimate of drug-likeness (QED) is 0.673. The molecule has 0 aliphatic rings. The minimum atomic E-state index is -0.0394. The molecular formula is C13H10N2O2Se. The summed E-state index contributed by atoms with van der Waals surface area (Å²) in [7, 11) is 1.58. The molecule has 0 aliphatic carbocycles. The Morgan fingerprint density at radius 1 is 1.28 bits per heavy atom. The molecule has 2 aromatic heterocycles. The maximum atomic E-state index is 12.3. The minimum absolute atomic E-state index is 0.0371. The summed E-state index contributed by atoms with van der Waals surface area (Å²) >= 11 is -0.0394. The fourth-order valence-electron chi connectivity index (χ4n) is 1.83. The number of ether oxygens (including phenoxy) is 1. The van der Waals surface area contributed by atoms with E-state index < -0.39 is 0 Å². The summed E-state index contributed by atoms with van der Waals surface area (Å²) in [5, 5.41) is 0.788. The van der Waals surface area contributed by atoms with E-state index in [-0.39, 0.29) is 20.3 Å². The third-order valence-corrected chi connectivity index (χ3v) is 5.00. The first-order chi connectivity index (χ1) is 8.81. The summed E-state index contributed by atoms with van der Waals surface area (Å²) in [6.07, 6.45) is 3.30. The van der Waals surface area contributed by atoms with Crippen molar-refractivity contribution >= 4 is 24.4 Å². The summed E-state index contributed by atoms with van der Waals surface area (Å²) in [6, 6.07) is 9.53. The molecule has 0 radical (unpaired) electrons. The molecule has 0 amide bonds. The molecule has 0 atom stereocenters. The van der Waals surface area contributed by atoms with Crippen LogP contribution in [0.1, 0.15) is 0 Å². The van der Waals surface area contributed by atoms with E-state index in [1.165, 1.54) is 0 Å². The summed E-state index contributed by atoms with van der Waals surface area (Å²) < 4.78 is 8.14. The summed E-state index contributed by atoms with van der Waals surface area (Å²) in [5.74, 6) is 0.625. The Bertz CT molecular complexity index is 761. The molecule has 0 bridgehead atoms. The van der Waals surface area contributed by atoms with Crippen molar-refractivity contribution in [2.24, 2.45) is 0 Å². The van der Waals surface area contributed by atoms with Gasteiger partial charge in [0, 0.05) is 0 Å². The number of methoxy groups -OCH3 is 1. The normalized spacial score (nSPS) is 10.7. The van der Waals surface area contributed by atoms with Crippen molar-refractivity contribution in [1.29, 1.82) is 0 Å². The Kier molecular flexibility index (Phi) is 2.78. The van der Waals surface area contributed by atoms with Gasteiger partial charge < -0.3 is 0 Å². The Hall–Kier alpha value is -1.84. The van der Waals surface area contributed by atoms with E-state index >= 15 is 0 Å². The third-order valence-electron chi connectivity index (χ3n) is 2.69. The Morgan fingerprint density at radius 2 is 2.11 bits per heavy atom. The molecule has 5 heteroatoms. The van der Waals surface area contributed by atoms with Crippen molar-refractivity contribution in [2.45, 2.75) is 0 Å². The van der Waals surface area contributed by atoms with Crippen LogP contribution in [0.25, 0.3) is 15.3 Å². The van der Waals surface area contributed by atoms with Gasteiger partial charge in [-0.05, 0) is 0 Å². The number of rotatable bonds is 2. The van der Waals surface area contributed by atoms with Crippen molar-refractivity contribution < 1.29 is 4.74 Å². The molecule has 0 saturated carbocycles. The van der Waals surface area contributed by atoms with Gasteiger partial charge in [0.05, 0.1) is 0 Å². The van der Waals surface area contributed by atoms with Gasteiger partial charge in [-0.3, -0.25) is 0 Å². The number of benzene rings is 1. The fourth-order valence-corrected chi connectivity index (χ4v) is 3.97. The van der Waals surface area contributed by atoms with Gasteiger partial charge in [-0.15, -0.1) is 0 Å².